The number of carbonyl (C=O) groups is 2. The Morgan fingerprint density at radius 1 is 1.08 bits per heavy atom. The van der Waals surface area contributed by atoms with Crippen LogP contribution < -0.4 is 5.32 Å². The highest BCUT2D eigenvalue weighted by atomic mass is 32.1. The first-order valence-corrected chi connectivity index (χ1v) is 8.96. The molecule has 0 unspecified atom stereocenters. The van der Waals surface area contributed by atoms with E-state index in [1.165, 1.54) is 11.3 Å². The predicted octanol–water partition coefficient (Wildman–Crippen LogP) is 3.81. The fraction of sp³-hybridized carbons (Fsp3) is 0.200. The number of hydrogen-bond donors (Lipinski definition) is 1. The van der Waals surface area contributed by atoms with Gasteiger partial charge in [-0.25, -0.2) is 4.79 Å². The number of benzene rings is 2. The van der Waals surface area contributed by atoms with Crippen molar-refractivity contribution in [3.05, 3.63) is 71.1 Å². The van der Waals surface area contributed by atoms with Gasteiger partial charge in [-0.1, -0.05) is 48.5 Å². The molecule has 0 spiro atoms. The minimum atomic E-state index is -0.825. The van der Waals surface area contributed by atoms with Gasteiger partial charge in [-0.05, 0) is 36.4 Å². The van der Waals surface area contributed by atoms with E-state index in [1.54, 1.807) is 13.0 Å². The van der Waals surface area contributed by atoms with E-state index in [0.29, 0.717) is 11.4 Å². The molecule has 1 heterocycles. The summed E-state index contributed by atoms with van der Waals surface area (Å²) < 4.78 is 6.31. The van der Waals surface area contributed by atoms with Crippen molar-refractivity contribution in [1.29, 1.82) is 0 Å². The van der Waals surface area contributed by atoms with Crippen LogP contribution in [0.25, 0.3) is 10.1 Å². The van der Waals surface area contributed by atoms with Crippen molar-refractivity contribution in [1.82, 2.24) is 5.32 Å². The zero-order chi connectivity index (χ0) is 17.6. The number of nitrogens with one attached hydrogen (secondary N) is 1. The molecule has 1 amide bonds. The van der Waals surface area contributed by atoms with E-state index in [4.69, 9.17) is 4.74 Å². The lowest BCUT2D eigenvalue weighted by atomic mass is 10.1. The van der Waals surface area contributed by atoms with Crippen LogP contribution in [0, 0.1) is 0 Å². The summed E-state index contributed by atoms with van der Waals surface area (Å²) in [5, 5.41) is 3.80. The van der Waals surface area contributed by atoms with Gasteiger partial charge < -0.3 is 10.1 Å². The second kappa shape index (κ2) is 7.94. The molecule has 0 bridgehead atoms. The van der Waals surface area contributed by atoms with Crippen LogP contribution in [-0.2, 0) is 16.0 Å². The number of fused-ring (bicyclic) bond motifs is 1. The van der Waals surface area contributed by atoms with Gasteiger partial charge >= 0.3 is 5.97 Å². The highest BCUT2D eigenvalue weighted by Gasteiger charge is 2.20. The third-order valence-corrected chi connectivity index (χ3v) is 4.93. The molecule has 0 aliphatic rings. The Hall–Kier alpha value is -2.66. The van der Waals surface area contributed by atoms with E-state index in [-0.39, 0.29) is 5.91 Å². The number of esters is 1. The molecule has 3 rings (SSSR count). The van der Waals surface area contributed by atoms with Gasteiger partial charge in [-0.3, -0.25) is 4.79 Å². The van der Waals surface area contributed by atoms with Gasteiger partial charge in [0.05, 0.1) is 0 Å². The molecule has 0 radical (unpaired) electrons. The summed E-state index contributed by atoms with van der Waals surface area (Å²) in [5.41, 5.74) is 1.15. The molecule has 2 aromatic carbocycles. The molecule has 5 heteroatoms. The van der Waals surface area contributed by atoms with E-state index in [9.17, 15) is 9.59 Å². The van der Waals surface area contributed by atoms with E-state index >= 15 is 0 Å². The maximum atomic E-state index is 12.2. The fourth-order valence-corrected chi connectivity index (χ4v) is 3.42. The summed E-state index contributed by atoms with van der Waals surface area (Å²) in [7, 11) is 0. The fourth-order valence-electron chi connectivity index (χ4n) is 2.47. The van der Waals surface area contributed by atoms with E-state index < -0.39 is 12.1 Å². The number of carbonyl (C=O) groups excluding carboxylic acids is 2. The average molecular weight is 353 g/mol. The van der Waals surface area contributed by atoms with Crippen LogP contribution in [-0.4, -0.2) is 24.5 Å². The number of thiophene rings is 1. The topological polar surface area (TPSA) is 55.4 Å². The van der Waals surface area contributed by atoms with Crippen molar-refractivity contribution in [2.75, 3.05) is 6.54 Å². The van der Waals surface area contributed by atoms with E-state index in [0.717, 1.165) is 22.1 Å². The van der Waals surface area contributed by atoms with Gasteiger partial charge in [0, 0.05) is 11.2 Å². The maximum Gasteiger partial charge on any atom is 0.349 e. The minimum Gasteiger partial charge on any atom is -0.448 e. The van der Waals surface area contributed by atoms with E-state index in [2.05, 4.69) is 5.32 Å². The summed E-state index contributed by atoms with van der Waals surface area (Å²) in [6.07, 6.45) is -0.0858. The molecule has 25 heavy (non-hydrogen) atoms. The predicted molar refractivity (Wildman–Crippen MR) is 99.9 cm³/mol. The van der Waals surface area contributed by atoms with Crippen LogP contribution in [0.1, 0.15) is 22.2 Å². The molecule has 0 fully saturated rings. The minimum absolute atomic E-state index is 0.287. The van der Waals surface area contributed by atoms with Gasteiger partial charge in [-0.15, -0.1) is 11.3 Å². The van der Waals surface area contributed by atoms with Crippen LogP contribution in [0.15, 0.2) is 60.7 Å². The Morgan fingerprint density at radius 2 is 1.80 bits per heavy atom. The third kappa shape index (κ3) is 4.45. The van der Waals surface area contributed by atoms with Gasteiger partial charge in [0.25, 0.3) is 5.91 Å². The number of amides is 1. The van der Waals surface area contributed by atoms with Crippen LogP contribution in [0.3, 0.4) is 0 Å². The average Bonchev–Trinajstić information content (AvgIpc) is 3.07. The smallest absolute Gasteiger partial charge is 0.349 e. The standard InChI is InChI=1S/C20H19NO3S/c1-14(19(22)21-12-11-15-7-3-2-4-8-15)24-20(23)18-13-16-9-5-6-10-17(16)25-18/h2-10,13-14H,11-12H2,1H3,(H,21,22)/t14-/m0/s1. The SMILES string of the molecule is C[C@H](OC(=O)c1cc2ccccc2s1)C(=O)NCCc1ccccc1. The second-order valence-corrected chi connectivity index (χ2v) is 6.81. The molecule has 128 valence electrons. The Bertz CT molecular complexity index is 840. The van der Waals surface area contributed by atoms with Crippen molar-refractivity contribution in [3.8, 4) is 0 Å². The summed E-state index contributed by atoms with van der Waals surface area (Å²) in [6.45, 7) is 2.09. The molecule has 1 atom stereocenters. The van der Waals surface area contributed by atoms with Gasteiger partial charge in [0.1, 0.15) is 4.88 Å². The monoisotopic (exact) mass is 353 g/mol. The number of rotatable bonds is 6. The highest BCUT2D eigenvalue weighted by Crippen LogP contribution is 2.26. The summed E-state index contributed by atoms with van der Waals surface area (Å²) >= 11 is 1.37. The molecule has 1 N–H and O–H groups in total. The molecular formula is C20H19NO3S. The lowest BCUT2D eigenvalue weighted by molar-refractivity contribution is -0.129. The first-order valence-electron chi connectivity index (χ1n) is 8.14. The Labute approximate surface area is 150 Å². The molecule has 3 aromatic rings. The molecular weight excluding hydrogens is 334 g/mol. The third-order valence-electron chi connectivity index (χ3n) is 3.84. The van der Waals surface area contributed by atoms with Crippen molar-refractivity contribution < 1.29 is 14.3 Å². The van der Waals surface area contributed by atoms with Gasteiger partial charge in [0.2, 0.25) is 0 Å². The number of ether oxygens (including phenoxy) is 1. The molecule has 0 saturated carbocycles. The summed E-state index contributed by atoms with van der Waals surface area (Å²) in [5.74, 6) is -0.752. The molecule has 0 saturated heterocycles. The van der Waals surface area contributed by atoms with Crippen LogP contribution in [0.2, 0.25) is 0 Å². The van der Waals surface area contributed by atoms with Crippen LogP contribution in [0.5, 0.6) is 0 Å². The maximum absolute atomic E-state index is 12.2. The van der Waals surface area contributed by atoms with Crippen molar-refractivity contribution >= 4 is 33.3 Å². The second-order valence-electron chi connectivity index (χ2n) is 5.72. The molecule has 1 aromatic heterocycles. The molecule has 4 nitrogen and oxygen atoms in total. The normalized spacial score (nSPS) is 11.9. The van der Waals surface area contributed by atoms with Crippen LogP contribution in [0.4, 0.5) is 0 Å². The zero-order valence-corrected chi connectivity index (χ0v) is 14.7. The van der Waals surface area contributed by atoms with Crippen LogP contribution >= 0.6 is 11.3 Å². The zero-order valence-electron chi connectivity index (χ0n) is 13.9. The van der Waals surface area contributed by atoms with Gasteiger partial charge in [0.15, 0.2) is 6.10 Å². The Kier molecular flexibility index (Phi) is 5.46. The highest BCUT2D eigenvalue weighted by molar-refractivity contribution is 7.20. The summed E-state index contributed by atoms with van der Waals surface area (Å²) in [4.78, 5) is 24.8. The Balaban J connectivity index is 1.51. The lowest BCUT2D eigenvalue weighted by Gasteiger charge is -2.13. The summed E-state index contributed by atoms with van der Waals surface area (Å²) in [6, 6.07) is 19.5. The molecule has 0 aliphatic heterocycles. The first kappa shape index (κ1) is 17.2. The number of hydrogen-bond acceptors (Lipinski definition) is 4. The van der Waals surface area contributed by atoms with Crippen molar-refractivity contribution in [2.24, 2.45) is 0 Å². The van der Waals surface area contributed by atoms with Crippen molar-refractivity contribution in [2.45, 2.75) is 19.4 Å². The van der Waals surface area contributed by atoms with Gasteiger partial charge in [-0.2, -0.15) is 0 Å². The Morgan fingerprint density at radius 3 is 2.56 bits per heavy atom. The lowest BCUT2D eigenvalue weighted by Crippen LogP contribution is -2.36. The molecule has 0 aliphatic carbocycles. The van der Waals surface area contributed by atoms with E-state index in [1.807, 2.05) is 54.6 Å². The quantitative estimate of drug-likeness (QED) is 0.686. The largest absolute Gasteiger partial charge is 0.448 e. The van der Waals surface area contributed by atoms with Crippen molar-refractivity contribution in [3.63, 3.8) is 0 Å². The first-order chi connectivity index (χ1) is 12.1.